The van der Waals surface area contributed by atoms with E-state index in [-0.39, 0.29) is 17.9 Å². The van der Waals surface area contributed by atoms with Crippen molar-refractivity contribution in [3.05, 3.63) is 59.5 Å². The van der Waals surface area contributed by atoms with Crippen molar-refractivity contribution in [3.8, 4) is 0 Å². The predicted octanol–water partition coefficient (Wildman–Crippen LogP) is 2.32. The average molecular weight is 407 g/mol. The maximum atomic E-state index is 12.8. The number of carbonyl (C=O) groups is 2. The number of para-hydroxylation sites is 1. The molecule has 1 aromatic carbocycles. The van der Waals surface area contributed by atoms with Crippen LogP contribution in [-0.2, 0) is 11.8 Å². The van der Waals surface area contributed by atoms with Crippen LogP contribution in [0, 0.1) is 0 Å². The highest BCUT2D eigenvalue weighted by Crippen LogP contribution is 2.27. The van der Waals surface area contributed by atoms with Gasteiger partial charge in [-0.15, -0.1) is 0 Å². The Balaban J connectivity index is 1.65. The Morgan fingerprint density at radius 2 is 2.07 bits per heavy atom. The van der Waals surface area contributed by atoms with Gasteiger partial charge in [0.1, 0.15) is 6.10 Å². The minimum Gasteiger partial charge on any atom is -0.368 e. The molecule has 1 atom stereocenters. The molecule has 0 spiro atoms. The Kier molecular flexibility index (Phi) is 5.50. The van der Waals surface area contributed by atoms with Crippen molar-refractivity contribution in [1.29, 1.82) is 0 Å². The van der Waals surface area contributed by atoms with Crippen molar-refractivity contribution in [2.75, 3.05) is 19.7 Å². The lowest BCUT2D eigenvalue weighted by atomic mass is 10.0. The van der Waals surface area contributed by atoms with Crippen molar-refractivity contribution in [1.82, 2.24) is 25.0 Å². The molecule has 156 valence electrons. The predicted molar refractivity (Wildman–Crippen MR) is 112 cm³/mol. The van der Waals surface area contributed by atoms with E-state index in [1.807, 2.05) is 38.1 Å². The molecule has 1 saturated heterocycles. The Bertz CT molecular complexity index is 1090. The summed E-state index contributed by atoms with van der Waals surface area (Å²) in [5, 5.41) is 7.82. The van der Waals surface area contributed by atoms with Gasteiger partial charge in [0.05, 0.1) is 41.7 Å². The zero-order valence-corrected chi connectivity index (χ0v) is 17.3. The summed E-state index contributed by atoms with van der Waals surface area (Å²) in [6, 6.07) is 9.35. The van der Waals surface area contributed by atoms with Crippen LogP contribution in [0.5, 0.6) is 0 Å². The van der Waals surface area contributed by atoms with Crippen LogP contribution in [0.1, 0.15) is 46.4 Å². The number of aromatic nitrogens is 3. The Morgan fingerprint density at radius 1 is 1.27 bits per heavy atom. The summed E-state index contributed by atoms with van der Waals surface area (Å²) in [4.78, 5) is 32.1. The number of hydrogen-bond donors (Lipinski definition) is 1. The molecule has 3 aromatic rings. The van der Waals surface area contributed by atoms with E-state index in [1.165, 1.54) is 0 Å². The molecule has 0 aliphatic carbocycles. The van der Waals surface area contributed by atoms with Crippen LogP contribution in [0.25, 0.3) is 10.9 Å². The van der Waals surface area contributed by atoms with E-state index < -0.39 is 6.10 Å². The molecule has 4 rings (SSSR count). The van der Waals surface area contributed by atoms with E-state index >= 15 is 0 Å². The van der Waals surface area contributed by atoms with Crippen LogP contribution in [-0.4, -0.2) is 57.2 Å². The number of pyridine rings is 1. The fourth-order valence-electron chi connectivity index (χ4n) is 3.62. The van der Waals surface area contributed by atoms with E-state index in [4.69, 9.17) is 9.72 Å². The van der Waals surface area contributed by atoms with Gasteiger partial charge in [-0.2, -0.15) is 5.10 Å². The molecule has 1 N–H and O–H groups in total. The Morgan fingerprint density at radius 3 is 2.80 bits per heavy atom. The number of morpholine rings is 1. The summed E-state index contributed by atoms with van der Waals surface area (Å²) in [5.41, 5.74) is 2.47. The van der Waals surface area contributed by atoms with Gasteiger partial charge in [-0.25, -0.2) is 4.98 Å². The molecule has 1 unspecified atom stereocenters. The third kappa shape index (κ3) is 4.04. The van der Waals surface area contributed by atoms with Crippen molar-refractivity contribution in [3.63, 3.8) is 0 Å². The molecule has 0 radical (unpaired) electrons. The van der Waals surface area contributed by atoms with Crippen LogP contribution in [0.2, 0.25) is 0 Å². The number of fused-ring (bicyclic) bond motifs is 1. The summed E-state index contributed by atoms with van der Waals surface area (Å²) >= 11 is 0. The lowest BCUT2D eigenvalue weighted by Gasteiger charge is -2.32. The number of hydrogen-bond acceptors (Lipinski definition) is 5. The van der Waals surface area contributed by atoms with Gasteiger partial charge in [0.2, 0.25) is 0 Å². The van der Waals surface area contributed by atoms with Gasteiger partial charge in [0, 0.05) is 31.2 Å². The topological polar surface area (TPSA) is 89.4 Å². The second kappa shape index (κ2) is 8.23. The number of rotatable bonds is 4. The van der Waals surface area contributed by atoms with Gasteiger partial charge in [-0.3, -0.25) is 14.3 Å². The number of nitrogens with one attached hydrogen (secondary N) is 1. The minimum absolute atomic E-state index is 0.0198. The standard InChI is InChI=1S/C22H25N5O3/c1-14(2)24-21(28)17-10-19(25-18-7-5-4-6-16(17)18)20-13-27(8-9-30-20)22(29)15-11-23-26(3)12-15/h4-7,10-12,14,20H,8-9,13H2,1-3H3,(H,24,28). The SMILES string of the molecule is CC(C)NC(=O)c1cc(C2CN(C(=O)c3cnn(C)c3)CCO2)nc2ccccc12. The summed E-state index contributed by atoms with van der Waals surface area (Å²) < 4.78 is 7.55. The number of amides is 2. The first kappa shape index (κ1) is 20.0. The Hall–Kier alpha value is -3.26. The van der Waals surface area contributed by atoms with E-state index in [2.05, 4.69) is 10.4 Å². The molecule has 1 aliphatic rings. The van der Waals surface area contributed by atoms with Gasteiger partial charge in [-0.1, -0.05) is 18.2 Å². The average Bonchev–Trinajstić information content (AvgIpc) is 3.18. The molecule has 0 bridgehead atoms. The first-order valence-corrected chi connectivity index (χ1v) is 10.0. The van der Waals surface area contributed by atoms with E-state index in [9.17, 15) is 9.59 Å². The van der Waals surface area contributed by atoms with Crippen LogP contribution in [0.4, 0.5) is 0 Å². The molecule has 3 heterocycles. The molecule has 0 saturated carbocycles. The number of benzene rings is 1. The number of ether oxygens (including phenoxy) is 1. The van der Waals surface area contributed by atoms with Crippen molar-refractivity contribution < 1.29 is 14.3 Å². The monoisotopic (exact) mass is 407 g/mol. The molecule has 30 heavy (non-hydrogen) atoms. The van der Waals surface area contributed by atoms with Gasteiger partial charge in [-0.05, 0) is 26.0 Å². The van der Waals surface area contributed by atoms with Gasteiger partial charge in [0.25, 0.3) is 11.8 Å². The largest absolute Gasteiger partial charge is 0.368 e. The quantitative estimate of drug-likeness (QED) is 0.717. The molecule has 8 heteroatoms. The van der Waals surface area contributed by atoms with Gasteiger partial charge < -0.3 is 15.0 Å². The molecular weight excluding hydrogens is 382 g/mol. The zero-order valence-electron chi connectivity index (χ0n) is 17.3. The third-order valence-corrected chi connectivity index (χ3v) is 5.04. The lowest BCUT2D eigenvalue weighted by Crippen LogP contribution is -2.42. The molecule has 8 nitrogen and oxygen atoms in total. The minimum atomic E-state index is -0.408. The maximum Gasteiger partial charge on any atom is 0.257 e. The molecule has 1 aliphatic heterocycles. The summed E-state index contributed by atoms with van der Waals surface area (Å²) in [6.07, 6.45) is 2.86. The number of nitrogens with zero attached hydrogens (tertiary/aromatic N) is 4. The zero-order chi connectivity index (χ0) is 21.3. The number of carbonyl (C=O) groups excluding carboxylic acids is 2. The van der Waals surface area contributed by atoms with E-state index in [1.54, 1.807) is 35.1 Å². The van der Waals surface area contributed by atoms with Crippen LogP contribution < -0.4 is 5.32 Å². The maximum absolute atomic E-state index is 12.8. The highest BCUT2D eigenvalue weighted by Gasteiger charge is 2.28. The van der Waals surface area contributed by atoms with Crippen molar-refractivity contribution in [2.45, 2.75) is 26.0 Å². The summed E-state index contributed by atoms with van der Waals surface area (Å²) in [5.74, 6) is -0.237. The lowest BCUT2D eigenvalue weighted by molar-refractivity contribution is -0.0246. The van der Waals surface area contributed by atoms with E-state index in [0.29, 0.717) is 36.5 Å². The van der Waals surface area contributed by atoms with E-state index in [0.717, 1.165) is 10.9 Å². The second-order valence-electron chi connectivity index (χ2n) is 7.75. The highest BCUT2D eigenvalue weighted by atomic mass is 16.5. The van der Waals surface area contributed by atoms with Crippen molar-refractivity contribution >= 4 is 22.7 Å². The smallest absolute Gasteiger partial charge is 0.257 e. The normalized spacial score (nSPS) is 16.8. The highest BCUT2D eigenvalue weighted by molar-refractivity contribution is 6.06. The fourth-order valence-corrected chi connectivity index (χ4v) is 3.62. The van der Waals surface area contributed by atoms with Crippen LogP contribution in [0.15, 0.2) is 42.7 Å². The van der Waals surface area contributed by atoms with Gasteiger partial charge in [0.15, 0.2) is 0 Å². The first-order valence-electron chi connectivity index (χ1n) is 10.0. The van der Waals surface area contributed by atoms with Crippen molar-refractivity contribution in [2.24, 2.45) is 7.05 Å². The van der Waals surface area contributed by atoms with Crippen LogP contribution in [0.3, 0.4) is 0 Å². The second-order valence-corrected chi connectivity index (χ2v) is 7.75. The molecular formula is C22H25N5O3. The summed E-state index contributed by atoms with van der Waals surface area (Å²) in [7, 11) is 1.78. The van der Waals surface area contributed by atoms with Crippen LogP contribution >= 0.6 is 0 Å². The summed E-state index contributed by atoms with van der Waals surface area (Å²) in [6.45, 7) is 5.12. The Labute approximate surface area is 174 Å². The number of aryl methyl sites for hydroxylation is 1. The third-order valence-electron chi connectivity index (χ3n) is 5.04. The molecule has 1 fully saturated rings. The fraction of sp³-hybridized carbons (Fsp3) is 0.364. The van der Waals surface area contributed by atoms with Gasteiger partial charge >= 0.3 is 0 Å². The molecule has 2 aromatic heterocycles. The molecule has 2 amide bonds. The first-order chi connectivity index (χ1) is 14.4.